The average molecular weight is 906 g/mol. The van der Waals surface area contributed by atoms with Gasteiger partial charge in [-0.3, -0.25) is 4.98 Å². The summed E-state index contributed by atoms with van der Waals surface area (Å²) in [4.78, 5) is 9.50. The largest absolute Gasteiger partial charge is 0.501 e. The van der Waals surface area contributed by atoms with Crippen LogP contribution < -0.4 is 0 Å². The van der Waals surface area contributed by atoms with Crippen LogP contribution in [0.5, 0.6) is 0 Å². The van der Waals surface area contributed by atoms with Gasteiger partial charge in [-0.15, -0.1) is 35.9 Å². The van der Waals surface area contributed by atoms with Gasteiger partial charge in [0.2, 0.25) is 0 Å². The molecule has 0 aliphatic heterocycles. The fraction of sp³-hybridized carbons (Fsp3) is 0.120. The van der Waals surface area contributed by atoms with Crippen LogP contribution in [0.4, 0.5) is 0 Å². The first-order valence-electron chi connectivity index (χ1n) is 18.8. The molecule has 10 rings (SSSR count). The molecule has 0 unspecified atom stereocenters. The fourth-order valence-electron chi connectivity index (χ4n) is 7.50. The topological polar surface area (TPSA) is 57.0 Å². The van der Waals surface area contributed by atoms with E-state index in [9.17, 15) is 0 Å². The van der Waals surface area contributed by atoms with E-state index >= 15 is 0 Å². The normalized spacial score (nSPS) is 11.4. The molecule has 1 radical (unpaired) electrons. The third-order valence-corrected chi connectivity index (χ3v) is 10.1. The SMILES string of the molecule is CC(C)c1cccc(C(C)C)c1-n1c(-c2[c-]c3oc(-c4ccccc4)cc3c3c2oc2ccccc23)nc2ccccc21.[Ir].[c-]1ccccc1-c1ccccn1. The predicted octanol–water partition coefficient (Wildman–Crippen LogP) is 13.6. The van der Waals surface area contributed by atoms with Gasteiger partial charge < -0.3 is 18.4 Å². The first-order valence-corrected chi connectivity index (χ1v) is 18.8. The third kappa shape index (κ3) is 6.66. The molecule has 0 aliphatic carbocycles. The van der Waals surface area contributed by atoms with Crippen molar-refractivity contribution in [3.63, 3.8) is 0 Å². The minimum atomic E-state index is 0. The van der Waals surface area contributed by atoms with Crippen molar-refractivity contribution in [2.24, 2.45) is 0 Å². The molecule has 0 amide bonds. The van der Waals surface area contributed by atoms with Crippen LogP contribution in [0.2, 0.25) is 0 Å². The molecule has 0 N–H and O–H groups in total. The molecule has 10 aromatic rings. The van der Waals surface area contributed by atoms with Crippen molar-refractivity contribution in [3.8, 4) is 39.7 Å². The molecule has 0 aliphatic rings. The zero-order chi connectivity index (χ0) is 37.5. The Hall–Kier alpha value is -6.07. The van der Waals surface area contributed by atoms with Gasteiger partial charge in [-0.05, 0) is 69.8 Å². The predicted molar refractivity (Wildman–Crippen MR) is 225 cm³/mol. The molecule has 5 nitrogen and oxygen atoms in total. The van der Waals surface area contributed by atoms with Gasteiger partial charge in [0, 0.05) is 42.9 Å². The van der Waals surface area contributed by atoms with E-state index in [1.807, 2.05) is 78.9 Å². The second kappa shape index (κ2) is 15.6. The summed E-state index contributed by atoms with van der Waals surface area (Å²) in [6.07, 6.45) is 1.79. The minimum absolute atomic E-state index is 0. The molecule has 0 saturated carbocycles. The van der Waals surface area contributed by atoms with Gasteiger partial charge in [-0.25, -0.2) is 0 Å². The van der Waals surface area contributed by atoms with Gasteiger partial charge >= 0.3 is 0 Å². The van der Waals surface area contributed by atoms with Crippen LogP contribution in [0.25, 0.3) is 83.6 Å². The summed E-state index contributed by atoms with van der Waals surface area (Å²) in [5.41, 5.74) is 11.8. The Kier molecular flexibility index (Phi) is 10.3. The average Bonchev–Trinajstić information content (AvgIpc) is 3.95. The molecular weight excluding hydrogens is 867 g/mol. The number of furan rings is 2. The number of imidazole rings is 1. The maximum atomic E-state index is 6.68. The molecule has 4 aromatic heterocycles. The van der Waals surface area contributed by atoms with Gasteiger partial charge in [-0.2, -0.15) is 0 Å². The molecule has 0 spiro atoms. The zero-order valence-electron chi connectivity index (χ0n) is 31.6. The van der Waals surface area contributed by atoms with E-state index in [1.54, 1.807) is 6.20 Å². The van der Waals surface area contributed by atoms with Crippen molar-refractivity contribution < 1.29 is 28.9 Å². The summed E-state index contributed by atoms with van der Waals surface area (Å²) in [7, 11) is 0. The van der Waals surface area contributed by atoms with Gasteiger partial charge in [0.1, 0.15) is 11.3 Å². The van der Waals surface area contributed by atoms with Crippen LogP contribution in [-0.4, -0.2) is 14.5 Å². The number of aromatic nitrogens is 3. The van der Waals surface area contributed by atoms with Crippen molar-refractivity contribution in [2.75, 3.05) is 0 Å². The maximum Gasteiger partial charge on any atom is 0.123 e. The van der Waals surface area contributed by atoms with Gasteiger partial charge in [0.25, 0.3) is 0 Å². The van der Waals surface area contributed by atoms with Crippen LogP contribution in [-0.2, 0) is 20.1 Å². The summed E-state index contributed by atoms with van der Waals surface area (Å²) in [5, 5.41) is 3.05. The van der Waals surface area contributed by atoms with Crippen molar-refractivity contribution >= 4 is 43.9 Å². The van der Waals surface area contributed by atoms with E-state index in [0.29, 0.717) is 17.4 Å². The molecule has 0 saturated heterocycles. The monoisotopic (exact) mass is 906 g/mol. The Morgan fingerprint density at radius 3 is 2.11 bits per heavy atom. The van der Waals surface area contributed by atoms with Crippen molar-refractivity contribution in [3.05, 3.63) is 175 Å². The summed E-state index contributed by atoms with van der Waals surface area (Å²) < 4.78 is 15.6. The van der Waals surface area contributed by atoms with E-state index in [1.165, 1.54) is 16.8 Å². The Bertz CT molecular complexity index is 2860. The standard InChI is InChI=1S/C39H31N2O2.C11H8N.Ir/c1-23(2)26-16-12-17-27(24(3)4)37(26)41-32-19-10-9-18-31(32)40-39(41)30-22-35-29(21-34(42-35)25-13-6-5-7-14-25)36-28-15-8-11-20-33(28)43-38(30)36;1-2-6-10(7-3-1)11-8-4-5-9-12-11;/h5-21,23-24H,1-4H3;1-6,8-9H;/q2*-1;. The van der Waals surface area contributed by atoms with Crippen LogP contribution in [0.15, 0.2) is 161 Å². The maximum absolute atomic E-state index is 6.68. The number of fused-ring (bicyclic) bond motifs is 6. The smallest absolute Gasteiger partial charge is 0.123 e. The van der Waals surface area contributed by atoms with Crippen molar-refractivity contribution in [1.82, 2.24) is 14.5 Å². The second-order valence-corrected chi connectivity index (χ2v) is 14.4. The Balaban J connectivity index is 0.000000290. The van der Waals surface area contributed by atoms with Gasteiger partial charge in [0.15, 0.2) is 0 Å². The molecule has 6 heteroatoms. The van der Waals surface area contributed by atoms with E-state index in [-0.39, 0.29) is 20.1 Å². The van der Waals surface area contributed by atoms with E-state index in [0.717, 1.165) is 72.3 Å². The van der Waals surface area contributed by atoms with Crippen LogP contribution in [0.1, 0.15) is 50.7 Å². The molecule has 277 valence electrons. The summed E-state index contributed by atoms with van der Waals surface area (Å²) >= 11 is 0. The van der Waals surface area contributed by atoms with Gasteiger partial charge in [0.05, 0.1) is 28.0 Å². The fourth-order valence-corrected chi connectivity index (χ4v) is 7.50. The molecule has 0 fully saturated rings. The first kappa shape index (κ1) is 36.9. The quantitative estimate of drug-likeness (QED) is 0.156. The van der Waals surface area contributed by atoms with Gasteiger partial charge in [-0.1, -0.05) is 130 Å². The number of nitrogens with zero attached hydrogens (tertiary/aromatic N) is 3. The molecular formula is C50H39IrN3O2-2. The number of benzene rings is 6. The number of hydrogen-bond donors (Lipinski definition) is 0. The number of para-hydroxylation sites is 4. The van der Waals surface area contributed by atoms with Crippen molar-refractivity contribution in [1.29, 1.82) is 0 Å². The number of pyridine rings is 1. The Morgan fingerprint density at radius 1 is 0.661 bits per heavy atom. The molecule has 56 heavy (non-hydrogen) atoms. The van der Waals surface area contributed by atoms with E-state index in [2.05, 4.69) is 116 Å². The van der Waals surface area contributed by atoms with Crippen LogP contribution in [0, 0.1) is 12.1 Å². The summed E-state index contributed by atoms with van der Waals surface area (Å²) in [6.45, 7) is 9.02. The minimum Gasteiger partial charge on any atom is -0.501 e. The van der Waals surface area contributed by atoms with E-state index in [4.69, 9.17) is 13.8 Å². The summed E-state index contributed by atoms with van der Waals surface area (Å²) in [5.74, 6) is 2.23. The molecule has 4 heterocycles. The second-order valence-electron chi connectivity index (χ2n) is 14.4. The molecule has 0 atom stereocenters. The Morgan fingerprint density at radius 2 is 1.38 bits per heavy atom. The van der Waals surface area contributed by atoms with Crippen LogP contribution >= 0.6 is 0 Å². The van der Waals surface area contributed by atoms with E-state index < -0.39 is 0 Å². The Labute approximate surface area is 340 Å². The molecule has 6 aromatic carbocycles. The zero-order valence-corrected chi connectivity index (χ0v) is 34.0. The first-order chi connectivity index (χ1) is 27.0. The third-order valence-electron chi connectivity index (χ3n) is 10.1. The van der Waals surface area contributed by atoms with Crippen molar-refractivity contribution in [2.45, 2.75) is 39.5 Å². The number of rotatable bonds is 6. The summed E-state index contributed by atoms with van der Waals surface area (Å²) in [6, 6.07) is 56.0. The number of hydrogen-bond acceptors (Lipinski definition) is 4. The molecule has 0 bridgehead atoms. The van der Waals surface area contributed by atoms with Crippen LogP contribution in [0.3, 0.4) is 0 Å².